The minimum Gasteiger partial charge on any atom is -0.0862 e. The predicted octanol–water partition coefficient (Wildman–Crippen LogP) is 6.62. The van der Waals surface area contributed by atoms with Gasteiger partial charge in [-0.1, -0.05) is 95.6 Å². The fourth-order valence-electron chi connectivity index (χ4n) is 1.79. The highest BCUT2D eigenvalue weighted by atomic mass is 79.9. The largest absolute Gasteiger partial charge is 0.0862 e. The molecule has 0 nitrogen and oxygen atoms in total. The van der Waals surface area contributed by atoms with Crippen LogP contribution in [0.1, 0.15) is 20.8 Å². The third-order valence-corrected chi connectivity index (χ3v) is 10.4. The Balaban J connectivity index is 2.67. The van der Waals surface area contributed by atoms with Gasteiger partial charge >= 0.3 is 0 Å². The van der Waals surface area contributed by atoms with Crippen molar-refractivity contribution in [2.45, 2.75) is 19.3 Å². The molecular weight excluding hydrogens is 600 g/mol. The molecule has 0 bridgehead atoms. The predicted molar refractivity (Wildman–Crippen MR) is 90.6 cm³/mol. The first-order chi connectivity index (χ1) is 7.45. The first kappa shape index (κ1) is 14.5. The van der Waals surface area contributed by atoms with E-state index in [0.717, 1.165) is 8.95 Å². The van der Waals surface area contributed by atoms with Crippen molar-refractivity contribution in [3.05, 3.63) is 32.2 Å². The molecule has 0 aromatic heterocycles. The van der Waals surface area contributed by atoms with Gasteiger partial charge in [0.25, 0.3) is 0 Å². The van der Waals surface area contributed by atoms with Gasteiger partial charge in [0.05, 0.1) is 9.65 Å². The lowest BCUT2D eigenvalue weighted by Gasteiger charge is -2.35. The molecule has 1 aliphatic rings. The van der Waals surface area contributed by atoms with Crippen molar-refractivity contribution in [3.63, 3.8) is 0 Å². The molecule has 0 fully saturated rings. The summed E-state index contributed by atoms with van der Waals surface area (Å²) in [4.78, 5) is 1.25. The van der Waals surface area contributed by atoms with Gasteiger partial charge in [-0.25, -0.2) is 0 Å². The van der Waals surface area contributed by atoms with Crippen molar-refractivity contribution in [3.8, 4) is 0 Å². The van der Waals surface area contributed by atoms with E-state index in [1.165, 1.54) is 11.1 Å². The monoisotopic (exact) mass is 600 g/mol. The van der Waals surface area contributed by atoms with E-state index >= 15 is 0 Å². The lowest BCUT2D eigenvalue weighted by atomic mass is 9.91. The number of alkyl halides is 4. The van der Waals surface area contributed by atoms with Gasteiger partial charge in [0.15, 0.2) is 0 Å². The van der Waals surface area contributed by atoms with Crippen molar-refractivity contribution in [2.24, 2.45) is 0 Å². The smallest absolute Gasteiger partial charge is 0.0546 e. The topological polar surface area (TPSA) is 0 Å². The highest BCUT2D eigenvalue weighted by Crippen LogP contribution is 2.54. The summed E-state index contributed by atoms with van der Waals surface area (Å²) < 4.78 is 2.28. The quantitative estimate of drug-likeness (QED) is 0.292. The molecule has 0 radical (unpaired) electrons. The molecule has 2 rings (SSSR count). The first-order valence-corrected chi connectivity index (χ1v) is 9.74. The molecule has 0 N–H and O–H groups in total. The van der Waals surface area contributed by atoms with Crippen molar-refractivity contribution in [1.82, 2.24) is 0 Å². The Morgan fingerprint density at radius 2 is 1.00 bits per heavy atom. The molecule has 0 saturated carbocycles. The second-order valence-corrected chi connectivity index (χ2v) is 9.35. The molecular formula is C10H6Br6. The Hall–Kier alpha value is 2.10. The van der Waals surface area contributed by atoms with E-state index < -0.39 is 0 Å². The van der Waals surface area contributed by atoms with E-state index in [2.05, 4.69) is 108 Å². The van der Waals surface area contributed by atoms with E-state index in [1.54, 1.807) is 0 Å². The Bertz CT molecular complexity index is 379. The van der Waals surface area contributed by atoms with Gasteiger partial charge < -0.3 is 0 Å². The first-order valence-electron chi connectivity index (χ1n) is 4.49. The average molecular weight is 606 g/mol. The normalized spacial score (nSPS) is 33.6. The zero-order valence-electron chi connectivity index (χ0n) is 7.73. The lowest BCUT2D eigenvalue weighted by molar-refractivity contribution is 0.722. The zero-order valence-corrected chi connectivity index (χ0v) is 17.2. The Morgan fingerprint density at radius 3 is 1.31 bits per heavy atom. The summed E-state index contributed by atoms with van der Waals surface area (Å²) in [5, 5.41) is 0. The van der Waals surface area contributed by atoms with Crippen LogP contribution in [0, 0.1) is 0 Å². The number of benzene rings is 1. The maximum atomic E-state index is 3.76. The highest BCUT2D eigenvalue weighted by molar-refractivity contribution is 9.14. The second kappa shape index (κ2) is 5.61. The molecule has 0 saturated heterocycles. The van der Waals surface area contributed by atoms with E-state index in [0.29, 0.717) is 9.65 Å². The number of hydrogen-bond donors (Lipinski definition) is 0. The van der Waals surface area contributed by atoms with Crippen LogP contribution >= 0.6 is 95.6 Å². The summed E-state index contributed by atoms with van der Waals surface area (Å²) in [6.45, 7) is 0. The zero-order chi connectivity index (χ0) is 12.0. The summed E-state index contributed by atoms with van der Waals surface area (Å²) >= 11 is 22.2. The molecule has 0 heterocycles. The minimum absolute atomic E-state index is 0.285. The van der Waals surface area contributed by atoms with Crippen LogP contribution in [0.5, 0.6) is 0 Å². The number of fused-ring (bicyclic) bond motifs is 1. The van der Waals surface area contributed by atoms with Gasteiger partial charge in [-0.05, 0) is 23.3 Å². The Labute approximate surface area is 145 Å². The van der Waals surface area contributed by atoms with Crippen LogP contribution < -0.4 is 0 Å². The van der Waals surface area contributed by atoms with Crippen LogP contribution in [0.2, 0.25) is 0 Å². The molecule has 1 aromatic carbocycles. The molecule has 1 aliphatic carbocycles. The third kappa shape index (κ3) is 2.40. The molecule has 0 spiro atoms. The number of rotatable bonds is 0. The summed E-state index contributed by atoms with van der Waals surface area (Å²) in [5.74, 6) is 0. The van der Waals surface area contributed by atoms with Crippen molar-refractivity contribution < 1.29 is 0 Å². The molecule has 4 atom stereocenters. The summed E-state index contributed by atoms with van der Waals surface area (Å²) in [6.07, 6.45) is 0. The van der Waals surface area contributed by atoms with Gasteiger partial charge in [0, 0.05) is 18.6 Å². The molecule has 16 heavy (non-hydrogen) atoms. The number of halogens is 6. The van der Waals surface area contributed by atoms with Gasteiger partial charge in [-0.3, -0.25) is 0 Å². The maximum absolute atomic E-state index is 3.76. The van der Waals surface area contributed by atoms with Crippen LogP contribution in [0.4, 0.5) is 0 Å². The average Bonchev–Trinajstić information content (AvgIpc) is 2.26. The number of hydrogen-bond acceptors (Lipinski definition) is 0. The molecule has 0 aliphatic heterocycles. The van der Waals surface area contributed by atoms with Gasteiger partial charge in [0.1, 0.15) is 0 Å². The molecule has 6 heteroatoms. The fraction of sp³-hybridized carbons (Fsp3) is 0.400. The standard InChI is InChI=1S/C10H6Br6/c11-3-1-2-4(12)6-5(3)7(13)9(15)10(16)8(6)14/h1-2,7-10H/t7-,8+,9-,10-/m0/s1. The SMILES string of the molecule is Brc1ccc(Br)c2c1[C@@H](Br)[C@H](Br)[C@@H](Br)[C@H]2Br. The molecule has 88 valence electrons. The lowest BCUT2D eigenvalue weighted by Crippen LogP contribution is -2.30. The van der Waals surface area contributed by atoms with Crippen LogP contribution in [0.3, 0.4) is 0 Å². The fourth-order valence-corrected chi connectivity index (χ4v) is 7.19. The highest BCUT2D eigenvalue weighted by Gasteiger charge is 2.40. The molecule has 1 aromatic rings. The van der Waals surface area contributed by atoms with E-state index in [-0.39, 0.29) is 9.65 Å². The van der Waals surface area contributed by atoms with Gasteiger partial charge in [0.2, 0.25) is 0 Å². The van der Waals surface area contributed by atoms with Crippen LogP contribution in [-0.4, -0.2) is 9.65 Å². The second-order valence-electron chi connectivity index (χ2n) is 3.55. The van der Waals surface area contributed by atoms with Crippen molar-refractivity contribution in [2.75, 3.05) is 0 Å². The van der Waals surface area contributed by atoms with Gasteiger partial charge in [-0.2, -0.15) is 0 Å². The Morgan fingerprint density at radius 1 is 0.688 bits per heavy atom. The van der Waals surface area contributed by atoms with Crippen LogP contribution in [-0.2, 0) is 0 Å². The van der Waals surface area contributed by atoms with Crippen LogP contribution in [0.15, 0.2) is 21.1 Å². The van der Waals surface area contributed by atoms with E-state index in [1.807, 2.05) is 0 Å². The van der Waals surface area contributed by atoms with E-state index in [4.69, 9.17) is 0 Å². The summed E-state index contributed by atoms with van der Waals surface area (Å²) in [5.41, 5.74) is 2.60. The van der Waals surface area contributed by atoms with Gasteiger partial charge in [-0.15, -0.1) is 0 Å². The summed E-state index contributed by atoms with van der Waals surface area (Å²) in [6, 6.07) is 4.15. The maximum Gasteiger partial charge on any atom is 0.0546 e. The van der Waals surface area contributed by atoms with Crippen molar-refractivity contribution >= 4 is 95.6 Å². The van der Waals surface area contributed by atoms with Crippen molar-refractivity contribution in [1.29, 1.82) is 0 Å². The molecule has 0 unspecified atom stereocenters. The summed E-state index contributed by atoms with van der Waals surface area (Å²) in [7, 11) is 0. The van der Waals surface area contributed by atoms with E-state index in [9.17, 15) is 0 Å². The Kier molecular flexibility index (Phi) is 5.09. The van der Waals surface area contributed by atoms with Crippen LogP contribution in [0.25, 0.3) is 0 Å². The minimum atomic E-state index is 0.285. The third-order valence-electron chi connectivity index (χ3n) is 2.60. The molecule has 0 amide bonds.